The Morgan fingerprint density at radius 2 is 1.35 bits per heavy atom. The van der Waals surface area contributed by atoms with Gasteiger partial charge in [0.05, 0.1) is 16.8 Å². The van der Waals surface area contributed by atoms with Crippen LogP contribution in [0.4, 0.5) is 11.4 Å². The van der Waals surface area contributed by atoms with Crippen molar-refractivity contribution in [2.45, 2.75) is 0 Å². The summed E-state index contributed by atoms with van der Waals surface area (Å²) >= 11 is 3.38. The molecule has 0 saturated heterocycles. The van der Waals surface area contributed by atoms with Crippen molar-refractivity contribution < 1.29 is 19.1 Å². The zero-order valence-corrected chi connectivity index (χ0v) is 19.3. The summed E-state index contributed by atoms with van der Waals surface area (Å²) in [5.74, 6) is 0.0887. The topological polar surface area (TPSA) is 75.7 Å². The quantitative estimate of drug-likeness (QED) is 0.318. The number of nitrogens with zero attached hydrogens (tertiary/aromatic N) is 1. The van der Waals surface area contributed by atoms with Crippen molar-refractivity contribution in [1.82, 2.24) is 0 Å². The van der Waals surface area contributed by atoms with Crippen LogP contribution >= 0.6 is 15.9 Å². The first-order chi connectivity index (χ1) is 16.5. The number of amides is 3. The van der Waals surface area contributed by atoms with E-state index < -0.39 is 11.8 Å². The Morgan fingerprint density at radius 1 is 0.735 bits per heavy atom. The lowest BCUT2D eigenvalue weighted by molar-refractivity contribution is 0.0924. The van der Waals surface area contributed by atoms with E-state index in [1.165, 1.54) is 6.07 Å². The number of imide groups is 1. The summed E-state index contributed by atoms with van der Waals surface area (Å²) in [5.41, 5.74) is 1.90. The number of hydrogen-bond donors (Lipinski definition) is 1. The van der Waals surface area contributed by atoms with Gasteiger partial charge in [0.25, 0.3) is 17.7 Å². The highest BCUT2D eigenvalue weighted by Gasteiger charge is 2.36. The molecule has 0 bridgehead atoms. The van der Waals surface area contributed by atoms with E-state index in [0.717, 1.165) is 9.37 Å². The molecule has 0 aliphatic carbocycles. The van der Waals surface area contributed by atoms with Crippen LogP contribution in [-0.2, 0) is 0 Å². The van der Waals surface area contributed by atoms with Gasteiger partial charge < -0.3 is 10.1 Å². The fraction of sp³-hybridized carbons (Fsp3) is 0. The number of carbonyl (C=O) groups excluding carboxylic acids is 3. The number of rotatable bonds is 5. The number of ether oxygens (including phenoxy) is 1. The third-order valence-corrected chi connectivity index (χ3v) is 5.85. The first-order valence-electron chi connectivity index (χ1n) is 10.4. The molecule has 1 heterocycles. The van der Waals surface area contributed by atoms with Crippen LogP contribution in [0.1, 0.15) is 31.1 Å². The summed E-state index contributed by atoms with van der Waals surface area (Å²) in [6.07, 6.45) is 0. The van der Waals surface area contributed by atoms with E-state index in [2.05, 4.69) is 21.2 Å². The normalized spacial score (nSPS) is 12.4. The van der Waals surface area contributed by atoms with Crippen LogP contribution in [0, 0.1) is 0 Å². The van der Waals surface area contributed by atoms with E-state index in [0.29, 0.717) is 28.4 Å². The molecule has 7 heteroatoms. The Kier molecular flexibility index (Phi) is 5.69. The van der Waals surface area contributed by atoms with Crippen LogP contribution in [0.25, 0.3) is 0 Å². The molecule has 5 rings (SSSR count). The van der Waals surface area contributed by atoms with Gasteiger partial charge in [-0.25, -0.2) is 4.90 Å². The minimum Gasteiger partial charge on any atom is -0.457 e. The zero-order chi connectivity index (χ0) is 23.7. The minimum atomic E-state index is -0.447. The first kappa shape index (κ1) is 21.6. The molecule has 0 saturated carbocycles. The SMILES string of the molecule is O=C(Nc1ccc2c(c1)C(=O)N(c1ccc(Oc3ccc(Br)cc3)cc1)C2=O)c1ccccc1. The molecule has 1 aliphatic rings. The van der Waals surface area contributed by atoms with Gasteiger partial charge in [0, 0.05) is 15.7 Å². The van der Waals surface area contributed by atoms with Crippen molar-refractivity contribution in [2.75, 3.05) is 10.2 Å². The molecule has 0 radical (unpaired) electrons. The molecule has 34 heavy (non-hydrogen) atoms. The third-order valence-electron chi connectivity index (χ3n) is 5.32. The maximum atomic E-state index is 13.1. The number of benzene rings is 4. The highest BCUT2D eigenvalue weighted by atomic mass is 79.9. The van der Waals surface area contributed by atoms with Crippen molar-refractivity contribution in [3.63, 3.8) is 0 Å². The summed E-state index contributed by atoms with van der Waals surface area (Å²) in [4.78, 5) is 39.6. The van der Waals surface area contributed by atoms with Crippen molar-refractivity contribution in [3.05, 3.63) is 118 Å². The summed E-state index contributed by atoms with van der Waals surface area (Å²) in [6, 6.07) is 27.6. The second-order valence-corrected chi connectivity index (χ2v) is 8.49. The molecular weight excluding hydrogens is 496 g/mol. The number of fused-ring (bicyclic) bond motifs is 1. The van der Waals surface area contributed by atoms with Gasteiger partial charge in [-0.3, -0.25) is 14.4 Å². The van der Waals surface area contributed by atoms with Crippen LogP contribution in [0.2, 0.25) is 0 Å². The van der Waals surface area contributed by atoms with Crippen LogP contribution in [0.15, 0.2) is 102 Å². The Labute approximate surface area is 203 Å². The lowest BCUT2D eigenvalue weighted by atomic mass is 10.1. The molecule has 166 valence electrons. The van der Waals surface area contributed by atoms with Gasteiger partial charge in [0.2, 0.25) is 0 Å². The maximum Gasteiger partial charge on any atom is 0.266 e. The van der Waals surface area contributed by atoms with Crippen LogP contribution in [-0.4, -0.2) is 17.7 Å². The average Bonchev–Trinajstić information content (AvgIpc) is 3.11. The Bertz CT molecular complexity index is 1400. The summed E-state index contributed by atoms with van der Waals surface area (Å²) in [5, 5.41) is 2.77. The van der Waals surface area contributed by atoms with E-state index in [4.69, 9.17) is 4.74 Å². The highest BCUT2D eigenvalue weighted by Crippen LogP contribution is 2.32. The van der Waals surface area contributed by atoms with Gasteiger partial charge in [-0.05, 0) is 78.9 Å². The van der Waals surface area contributed by atoms with Crippen molar-refractivity contribution in [3.8, 4) is 11.5 Å². The molecule has 4 aromatic carbocycles. The number of anilines is 2. The second-order valence-electron chi connectivity index (χ2n) is 7.58. The smallest absolute Gasteiger partial charge is 0.266 e. The summed E-state index contributed by atoms with van der Waals surface area (Å²) in [7, 11) is 0. The maximum absolute atomic E-state index is 13.1. The molecule has 6 nitrogen and oxygen atoms in total. The van der Waals surface area contributed by atoms with E-state index >= 15 is 0 Å². The van der Waals surface area contributed by atoms with Crippen LogP contribution < -0.4 is 15.0 Å². The number of halogens is 1. The Morgan fingerprint density at radius 3 is 2.03 bits per heavy atom. The van der Waals surface area contributed by atoms with Gasteiger partial charge in [-0.1, -0.05) is 34.1 Å². The molecule has 3 amide bonds. The van der Waals surface area contributed by atoms with Gasteiger partial charge >= 0.3 is 0 Å². The van der Waals surface area contributed by atoms with Crippen molar-refractivity contribution in [2.24, 2.45) is 0 Å². The minimum absolute atomic E-state index is 0.242. The molecule has 4 aromatic rings. The van der Waals surface area contributed by atoms with Crippen LogP contribution in [0.3, 0.4) is 0 Å². The predicted octanol–water partition coefficient (Wildman–Crippen LogP) is 6.29. The highest BCUT2D eigenvalue weighted by molar-refractivity contribution is 9.10. The molecule has 1 N–H and O–H groups in total. The number of carbonyl (C=O) groups is 3. The summed E-state index contributed by atoms with van der Waals surface area (Å²) < 4.78 is 6.75. The van der Waals surface area contributed by atoms with Crippen molar-refractivity contribution >= 4 is 45.0 Å². The summed E-state index contributed by atoms with van der Waals surface area (Å²) in [6.45, 7) is 0. The standard InChI is InChI=1S/C27H17BrN2O4/c28-18-6-11-21(12-7-18)34-22-13-9-20(10-14-22)30-26(32)23-15-8-19(16-24(23)27(30)33)29-25(31)17-4-2-1-3-5-17/h1-16H,(H,29,31). The Hall–Kier alpha value is -4.23. The van der Waals surface area contributed by atoms with E-state index in [1.54, 1.807) is 60.7 Å². The number of hydrogen-bond acceptors (Lipinski definition) is 4. The number of nitrogens with one attached hydrogen (secondary N) is 1. The predicted molar refractivity (Wildman–Crippen MR) is 133 cm³/mol. The molecule has 0 atom stereocenters. The molecule has 0 aromatic heterocycles. The lowest BCUT2D eigenvalue weighted by Gasteiger charge is -2.14. The first-order valence-corrected chi connectivity index (χ1v) is 11.2. The van der Waals surface area contributed by atoms with Gasteiger partial charge in [0.1, 0.15) is 11.5 Å². The molecule has 0 unspecified atom stereocenters. The van der Waals surface area contributed by atoms with Crippen molar-refractivity contribution in [1.29, 1.82) is 0 Å². The largest absolute Gasteiger partial charge is 0.457 e. The molecule has 1 aliphatic heterocycles. The fourth-order valence-corrected chi connectivity index (χ4v) is 3.91. The average molecular weight is 513 g/mol. The van der Waals surface area contributed by atoms with E-state index in [-0.39, 0.29) is 17.0 Å². The lowest BCUT2D eigenvalue weighted by Crippen LogP contribution is -2.29. The molecule has 0 fully saturated rings. The second kappa shape index (κ2) is 8.96. The zero-order valence-electron chi connectivity index (χ0n) is 17.7. The molecular formula is C27H17BrN2O4. The van der Waals surface area contributed by atoms with Crippen LogP contribution in [0.5, 0.6) is 11.5 Å². The Balaban J connectivity index is 1.34. The monoisotopic (exact) mass is 512 g/mol. The fourth-order valence-electron chi connectivity index (χ4n) is 3.65. The van der Waals surface area contributed by atoms with E-state index in [9.17, 15) is 14.4 Å². The van der Waals surface area contributed by atoms with Gasteiger partial charge in [0.15, 0.2) is 0 Å². The third kappa shape index (κ3) is 4.21. The van der Waals surface area contributed by atoms with E-state index in [1.807, 2.05) is 30.3 Å². The van der Waals surface area contributed by atoms with Gasteiger partial charge in [-0.15, -0.1) is 0 Å². The van der Waals surface area contributed by atoms with Gasteiger partial charge in [-0.2, -0.15) is 0 Å². The molecule has 0 spiro atoms.